The fourth-order valence-corrected chi connectivity index (χ4v) is 4.46. The molecule has 21 heavy (non-hydrogen) atoms. The number of fused-ring (bicyclic) bond motifs is 2. The van der Waals surface area contributed by atoms with Gasteiger partial charge in [0.05, 0.1) is 16.7 Å². The van der Waals surface area contributed by atoms with E-state index in [1.165, 1.54) is 0 Å². The monoisotopic (exact) mass is 305 g/mol. The number of hydrogen-bond donors (Lipinski definition) is 0. The van der Waals surface area contributed by atoms with Crippen LogP contribution in [0.15, 0.2) is 47.4 Å². The SMILES string of the molecule is O=C(CCS(=O)(=O)c1ccccc1)N1C2C=CCC1CC2. The van der Waals surface area contributed by atoms with Crippen LogP contribution in [0.3, 0.4) is 0 Å². The zero-order valence-corrected chi connectivity index (χ0v) is 12.6. The predicted octanol–water partition coefficient (Wildman–Crippen LogP) is 2.17. The number of benzene rings is 1. The molecule has 2 aliphatic heterocycles. The number of carbonyl (C=O) groups is 1. The quantitative estimate of drug-likeness (QED) is 0.801. The van der Waals surface area contributed by atoms with Gasteiger partial charge in [0, 0.05) is 12.5 Å². The van der Waals surface area contributed by atoms with Gasteiger partial charge < -0.3 is 4.90 Å². The highest BCUT2D eigenvalue weighted by molar-refractivity contribution is 7.91. The van der Waals surface area contributed by atoms with Gasteiger partial charge in [-0.1, -0.05) is 30.4 Å². The first kappa shape index (κ1) is 14.3. The first-order valence-electron chi connectivity index (χ1n) is 7.33. The summed E-state index contributed by atoms with van der Waals surface area (Å²) in [6, 6.07) is 8.78. The first-order chi connectivity index (χ1) is 10.1. The van der Waals surface area contributed by atoms with Crippen LogP contribution in [0.1, 0.15) is 25.7 Å². The molecule has 1 aromatic rings. The molecular weight excluding hydrogens is 286 g/mol. The molecule has 0 aliphatic carbocycles. The van der Waals surface area contributed by atoms with Crippen molar-refractivity contribution in [2.75, 3.05) is 5.75 Å². The van der Waals surface area contributed by atoms with Gasteiger partial charge in [0.25, 0.3) is 0 Å². The molecule has 0 radical (unpaired) electrons. The maximum Gasteiger partial charge on any atom is 0.224 e. The molecule has 2 aliphatic rings. The Morgan fingerprint density at radius 1 is 1.19 bits per heavy atom. The van der Waals surface area contributed by atoms with E-state index in [2.05, 4.69) is 12.2 Å². The van der Waals surface area contributed by atoms with Crippen LogP contribution in [0.2, 0.25) is 0 Å². The van der Waals surface area contributed by atoms with Crippen molar-refractivity contribution >= 4 is 15.7 Å². The molecule has 2 unspecified atom stereocenters. The number of rotatable bonds is 4. The minimum Gasteiger partial charge on any atom is -0.333 e. The summed E-state index contributed by atoms with van der Waals surface area (Å²) < 4.78 is 24.4. The van der Waals surface area contributed by atoms with Crippen LogP contribution in [0, 0.1) is 0 Å². The van der Waals surface area contributed by atoms with Crippen LogP contribution in [-0.4, -0.2) is 37.1 Å². The molecule has 0 aromatic heterocycles. The van der Waals surface area contributed by atoms with Crippen molar-refractivity contribution in [3.63, 3.8) is 0 Å². The molecule has 1 saturated heterocycles. The van der Waals surface area contributed by atoms with E-state index >= 15 is 0 Å². The summed E-state index contributed by atoms with van der Waals surface area (Å²) in [4.78, 5) is 14.5. The second kappa shape index (κ2) is 5.64. The molecule has 0 spiro atoms. The van der Waals surface area contributed by atoms with Gasteiger partial charge >= 0.3 is 0 Å². The standard InChI is InChI=1S/C16H19NO3S/c18-16(17-13-5-4-6-14(17)10-9-13)11-12-21(19,20)15-7-2-1-3-8-15/h1-5,7-8,13-14H,6,9-12H2. The largest absolute Gasteiger partial charge is 0.333 e. The van der Waals surface area contributed by atoms with Crippen molar-refractivity contribution < 1.29 is 13.2 Å². The molecule has 3 rings (SSSR count). The minimum atomic E-state index is -3.37. The Bertz CT molecular complexity index is 651. The lowest BCUT2D eigenvalue weighted by atomic mass is 10.1. The summed E-state index contributed by atoms with van der Waals surface area (Å²) in [7, 11) is -3.37. The molecule has 0 N–H and O–H groups in total. The first-order valence-corrected chi connectivity index (χ1v) is 8.99. The molecule has 1 amide bonds. The van der Waals surface area contributed by atoms with Crippen LogP contribution in [0.4, 0.5) is 0 Å². The number of carbonyl (C=O) groups excluding carboxylic acids is 1. The maximum atomic E-state index is 12.4. The van der Waals surface area contributed by atoms with Crippen molar-refractivity contribution in [1.29, 1.82) is 0 Å². The molecule has 2 bridgehead atoms. The molecular formula is C16H19NO3S. The highest BCUT2D eigenvalue weighted by Gasteiger charge is 2.37. The fourth-order valence-electron chi connectivity index (χ4n) is 3.21. The van der Waals surface area contributed by atoms with Gasteiger partial charge in [0.15, 0.2) is 9.84 Å². The zero-order valence-electron chi connectivity index (χ0n) is 11.8. The second-order valence-electron chi connectivity index (χ2n) is 5.65. The maximum absolute atomic E-state index is 12.4. The lowest BCUT2D eigenvalue weighted by molar-refractivity contribution is -0.133. The summed E-state index contributed by atoms with van der Waals surface area (Å²) in [6.45, 7) is 0. The van der Waals surface area contributed by atoms with Crippen molar-refractivity contribution in [3.05, 3.63) is 42.5 Å². The van der Waals surface area contributed by atoms with Crippen LogP contribution in [0.25, 0.3) is 0 Å². The summed E-state index contributed by atoms with van der Waals surface area (Å²) in [5.74, 6) is -0.151. The van der Waals surface area contributed by atoms with Crippen LogP contribution >= 0.6 is 0 Å². The Morgan fingerprint density at radius 3 is 2.67 bits per heavy atom. The van der Waals surface area contributed by atoms with E-state index in [1.54, 1.807) is 30.3 Å². The Morgan fingerprint density at radius 2 is 1.95 bits per heavy atom. The van der Waals surface area contributed by atoms with Gasteiger partial charge in [0.2, 0.25) is 5.91 Å². The average Bonchev–Trinajstić information content (AvgIpc) is 2.75. The van der Waals surface area contributed by atoms with E-state index in [0.29, 0.717) is 4.90 Å². The number of nitrogens with zero attached hydrogens (tertiary/aromatic N) is 1. The number of amides is 1. The third-order valence-corrected chi connectivity index (χ3v) is 6.02. The Labute approximate surface area is 125 Å². The van der Waals surface area contributed by atoms with Crippen LogP contribution in [0.5, 0.6) is 0 Å². The van der Waals surface area contributed by atoms with E-state index in [1.807, 2.05) is 4.90 Å². The molecule has 0 saturated carbocycles. The topological polar surface area (TPSA) is 54.5 Å². The third-order valence-electron chi connectivity index (χ3n) is 4.29. The summed E-state index contributed by atoms with van der Waals surface area (Å²) >= 11 is 0. The highest BCUT2D eigenvalue weighted by Crippen LogP contribution is 2.32. The van der Waals surface area contributed by atoms with Crippen molar-refractivity contribution in [1.82, 2.24) is 4.90 Å². The molecule has 112 valence electrons. The zero-order chi connectivity index (χ0) is 14.9. The van der Waals surface area contributed by atoms with E-state index in [-0.39, 0.29) is 30.2 Å². The van der Waals surface area contributed by atoms with E-state index in [4.69, 9.17) is 0 Å². The summed E-state index contributed by atoms with van der Waals surface area (Å²) in [6.07, 6.45) is 7.19. The van der Waals surface area contributed by atoms with E-state index in [9.17, 15) is 13.2 Å². The average molecular weight is 305 g/mol. The van der Waals surface area contributed by atoms with E-state index < -0.39 is 9.84 Å². The van der Waals surface area contributed by atoms with Crippen molar-refractivity contribution in [3.8, 4) is 0 Å². The second-order valence-corrected chi connectivity index (χ2v) is 7.75. The normalized spacial score (nSPS) is 24.3. The number of sulfone groups is 1. The van der Waals surface area contributed by atoms with Crippen molar-refractivity contribution in [2.24, 2.45) is 0 Å². The predicted molar refractivity (Wildman–Crippen MR) is 80.5 cm³/mol. The van der Waals surface area contributed by atoms with Gasteiger partial charge in [0.1, 0.15) is 0 Å². The Kier molecular flexibility index (Phi) is 3.85. The summed E-state index contributed by atoms with van der Waals surface area (Å²) in [5.41, 5.74) is 0. The van der Waals surface area contributed by atoms with Gasteiger partial charge in [-0.25, -0.2) is 8.42 Å². The molecule has 1 fully saturated rings. The fraction of sp³-hybridized carbons (Fsp3) is 0.438. The third kappa shape index (κ3) is 2.88. The summed E-state index contributed by atoms with van der Waals surface area (Å²) in [5, 5.41) is 0. The lowest BCUT2D eigenvalue weighted by Crippen LogP contribution is -2.42. The highest BCUT2D eigenvalue weighted by atomic mass is 32.2. The van der Waals surface area contributed by atoms with Gasteiger partial charge in [-0.15, -0.1) is 0 Å². The van der Waals surface area contributed by atoms with Crippen molar-refractivity contribution in [2.45, 2.75) is 42.7 Å². The Hall–Kier alpha value is -1.62. The lowest BCUT2D eigenvalue weighted by Gasteiger charge is -2.31. The van der Waals surface area contributed by atoms with Crippen LogP contribution in [-0.2, 0) is 14.6 Å². The van der Waals surface area contributed by atoms with Gasteiger partial charge in [-0.05, 0) is 31.4 Å². The smallest absolute Gasteiger partial charge is 0.224 e. The number of hydrogen-bond acceptors (Lipinski definition) is 3. The van der Waals surface area contributed by atoms with Gasteiger partial charge in [-0.3, -0.25) is 4.79 Å². The Balaban J connectivity index is 1.66. The molecule has 5 heteroatoms. The van der Waals surface area contributed by atoms with E-state index in [0.717, 1.165) is 19.3 Å². The molecule has 2 atom stereocenters. The molecule has 1 aromatic carbocycles. The minimum absolute atomic E-state index is 0.0358. The molecule has 2 heterocycles. The molecule has 4 nitrogen and oxygen atoms in total. The van der Waals surface area contributed by atoms with Gasteiger partial charge in [-0.2, -0.15) is 0 Å². The van der Waals surface area contributed by atoms with Crippen LogP contribution < -0.4 is 0 Å².